The molecule has 2 N–H and O–H groups in total. The van der Waals surface area contributed by atoms with Gasteiger partial charge in [0.1, 0.15) is 11.6 Å². The molecule has 0 atom stereocenters. The van der Waals surface area contributed by atoms with E-state index in [0.717, 1.165) is 5.56 Å². The number of alkyl halides is 3. The van der Waals surface area contributed by atoms with Crippen LogP contribution in [0.2, 0.25) is 0 Å². The van der Waals surface area contributed by atoms with Crippen molar-refractivity contribution in [3.63, 3.8) is 0 Å². The van der Waals surface area contributed by atoms with Crippen LogP contribution in [0.15, 0.2) is 30.5 Å². The van der Waals surface area contributed by atoms with Crippen LogP contribution in [0.25, 0.3) is 0 Å². The number of aryl methyl sites for hydroxylation is 1. The Morgan fingerprint density at radius 2 is 1.81 bits per heavy atom. The number of rotatable bonds is 4. The summed E-state index contributed by atoms with van der Waals surface area (Å²) in [5.74, 6) is 0.738. The van der Waals surface area contributed by atoms with Crippen LogP contribution in [0.3, 0.4) is 0 Å². The molecule has 0 aliphatic heterocycles. The molecule has 0 aliphatic carbocycles. The van der Waals surface area contributed by atoms with E-state index >= 15 is 0 Å². The molecule has 0 fully saturated rings. The molecule has 1 aromatic heterocycles. The van der Waals surface area contributed by atoms with Crippen molar-refractivity contribution in [3.05, 3.63) is 36.0 Å². The maximum absolute atomic E-state index is 12.1. The van der Waals surface area contributed by atoms with E-state index in [-0.39, 0.29) is 5.75 Å². The number of nitrogens with zero attached hydrogens (tertiary/aromatic N) is 2. The summed E-state index contributed by atoms with van der Waals surface area (Å²) in [6.45, 7) is 1.82. The number of aromatic nitrogens is 2. The summed E-state index contributed by atoms with van der Waals surface area (Å²) >= 11 is 0. The van der Waals surface area contributed by atoms with Gasteiger partial charge in [0, 0.05) is 24.5 Å². The van der Waals surface area contributed by atoms with Crippen molar-refractivity contribution < 1.29 is 17.9 Å². The zero-order valence-corrected chi connectivity index (χ0v) is 11.3. The summed E-state index contributed by atoms with van der Waals surface area (Å²) in [5, 5.41) is 5.82. The SMILES string of the molecule is CNc1ncc(C)c(Nc2ccc(OC(F)(F)F)cc2)n1. The molecule has 0 bridgehead atoms. The molecule has 8 heteroatoms. The van der Waals surface area contributed by atoms with Gasteiger partial charge < -0.3 is 15.4 Å². The first kappa shape index (κ1) is 14.9. The molecule has 0 saturated heterocycles. The molecule has 2 aromatic rings. The highest BCUT2D eigenvalue weighted by molar-refractivity contribution is 5.60. The Labute approximate surface area is 119 Å². The molecule has 0 spiro atoms. The fraction of sp³-hybridized carbons (Fsp3) is 0.231. The lowest BCUT2D eigenvalue weighted by Gasteiger charge is -2.11. The van der Waals surface area contributed by atoms with E-state index in [9.17, 15) is 13.2 Å². The highest BCUT2D eigenvalue weighted by Gasteiger charge is 2.30. The van der Waals surface area contributed by atoms with Crippen LogP contribution in [0, 0.1) is 6.92 Å². The summed E-state index contributed by atoms with van der Waals surface area (Å²) in [6, 6.07) is 5.40. The summed E-state index contributed by atoms with van der Waals surface area (Å²) < 4.78 is 40.0. The maximum Gasteiger partial charge on any atom is 0.573 e. The lowest BCUT2D eigenvalue weighted by Crippen LogP contribution is -2.17. The zero-order valence-electron chi connectivity index (χ0n) is 11.3. The van der Waals surface area contributed by atoms with Gasteiger partial charge in [-0.2, -0.15) is 4.98 Å². The minimum atomic E-state index is -4.69. The third-order valence-electron chi connectivity index (χ3n) is 2.55. The smallest absolute Gasteiger partial charge is 0.406 e. The van der Waals surface area contributed by atoms with E-state index in [0.29, 0.717) is 17.5 Å². The van der Waals surface area contributed by atoms with Gasteiger partial charge in [0.25, 0.3) is 0 Å². The molecular weight excluding hydrogens is 285 g/mol. The van der Waals surface area contributed by atoms with E-state index in [4.69, 9.17) is 0 Å². The molecule has 0 unspecified atom stereocenters. The van der Waals surface area contributed by atoms with Gasteiger partial charge >= 0.3 is 6.36 Å². The summed E-state index contributed by atoms with van der Waals surface area (Å²) in [7, 11) is 1.69. The molecule has 5 nitrogen and oxygen atoms in total. The first-order valence-electron chi connectivity index (χ1n) is 6.01. The van der Waals surface area contributed by atoms with Gasteiger partial charge in [-0.1, -0.05) is 0 Å². The van der Waals surface area contributed by atoms with Crippen LogP contribution in [-0.2, 0) is 0 Å². The van der Waals surface area contributed by atoms with Crippen LogP contribution in [0.4, 0.5) is 30.6 Å². The van der Waals surface area contributed by atoms with Crippen molar-refractivity contribution in [1.29, 1.82) is 0 Å². The monoisotopic (exact) mass is 298 g/mol. The number of halogens is 3. The molecule has 0 radical (unpaired) electrons. The first-order valence-corrected chi connectivity index (χ1v) is 6.01. The number of hydrogen-bond acceptors (Lipinski definition) is 5. The fourth-order valence-electron chi connectivity index (χ4n) is 1.57. The molecule has 1 heterocycles. The Morgan fingerprint density at radius 3 is 2.38 bits per heavy atom. The summed E-state index contributed by atoms with van der Waals surface area (Å²) in [5.41, 5.74) is 1.40. The molecule has 21 heavy (non-hydrogen) atoms. The van der Waals surface area contributed by atoms with Crippen molar-refractivity contribution in [3.8, 4) is 5.75 Å². The van der Waals surface area contributed by atoms with E-state index in [1.165, 1.54) is 24.3 Å². The lowest BCUT2D eigenvalue weighted by molar-refractivity contribution is -0.274. The Morgan fingerprint density at radius 1 is 1.14 bits per heavy atom. The summed E-state index contributed by atoms with van der Waals surface area (Å²) in [4.78, 5) is 8.27. The molecule has 0 amide bonds. The van der Waals surface area contributed by atoms with E-state index in [1.807, 2.05) is 6.92 Å². The van der Waals surface area contributed by atoms with Crippen LogP contribution in [-0.4, -0.2) is 23.4 Å². The van der Waals surface area contributed by atoms with E-state index in [1.54, 1.807) is 13.2 Å². The standard InChI is InChI=1S/C13H13F3N4O/c1-8-7-18-12(17-2)20-11(8)19-9-3-5-10(6-4-9)21-13(14,15)16/h3-7H,1-2H3,(H2,17,18,19,20). The molecule has 2 rings (SSSR count). The number of anilines is 3. The van der Waals surface area contributed by atoms with Gasteiger partial charge in [0.2, 0.25) is 5.95 Å². The van der Waals surface area contributed by atoms with Crippen LogP contribution < -0.4 is 15.4 Å². The van der Waals surface area contributed by atoms with Gasteiger partial charge in [0.15, 0.2) is 0 Å². The molecule has 112 valence electrons. The Bertz CT molecular complexity index is 614. The second-order valence-electron chi connectivity index (χ2n) is 4.17. The quantitative estimate of drug-likeness (QED) is 0.905. The van der Waals surface area contributed by atoms with Gasteiger partial charge in [-0.25, -0.2) is 4.98 Å². The average Bonchev–Trinajstić information content (AvgIpc) is 2.42. The molecular formula is C13H13F3N4O. The number of benzene rings is 1. The third kappa shape index (κ3) is 4.23. The van der Waals surface area contributed by atoms with Crippen molar-refractivity contribution in [2.75, 3.05) is 17.7 Å². The normalized spacial score (nSPS) is 11.1. The highest BCUT2D eigenvalue weighted by Crippen LogP contribution is 2.25. The Kier molecular flexibility index (Phi) is 4.15. The van der Waals surface area contributed by atoms with Crippen LogP contribution >= 0.6 is 0 Å². The minimum absolute atomic E-state index is 0.275. The van der Waals surface area contributed by atoms with Gasteiger partial charge in [0.05, 0.1) is 0 Å². The second-order valence-corrected chi connectivity index (χ2v) is 4.17. The van der Waals surface area contributed by atoms with Gasteiger partial charge in [-0.3, -0.25) is 0 Å². The minimum Gasteiger partial charge on any atom is -0.406 e. The molecule has 0 aliphatic rings. The van der Waals surface area contributed by atoms with E-state index < -0.39 is 6.36 Å². The Hall–Kier alpha value is -2.51. The first-order chi connectivity index (χ1) is 9.87. The third-order valence-corrected chi connectivity index (χ3v) is 2.55. The van der Waals surface area contributed by atoms with Crippen molar-refractivity contribution >= 4 is 17.5 Å². The van der Waals surface area contributed by atoms with Crippen molar-refractivity contribution in [2.24, 2.45) is 0 Å². The number of ether oxygens (including phenoxy) is 1. The second kappa shape index (κ2) is 5.86. The van der Waals surface area contributed by atoms with E-state index in [2.05, 4.69) is 25.3 Å². The Balaban J connectivity index is 2.13. The van der Waals surface area contributed by atoms with Crippen molar-refractivity contribution in [2.45, 2.75) is 13.3 Å². The van der Waals surface area contributed by atoms with Gasteiger partial charge in [-0.05, 0) is 31.2 Å². The fourth-order valence-corrected chi connectivity index (χ4v) is 1.57. The summed E-state index contributed by atoms with van der Waals surface area (Å²) in [6.07, 6.45) is -3.05. The molecule has 1 aromatic carbocycles. The highest BCUT2D eigenvalue weighted by atomic mass is 19.4. The predicted octanol–water partition coefficient (Wildman–Crippen LogP) is 3.47. The molecule has 0 saturated carbocycles. The predicted molar refractivity (Wildman–Crippen MR) is 72.7 cm³/mol. The topological polar surface area (TPSA) is 59.1 Å². The number of nitrogens with one attached hydrogen (secondary N) is 2. The zero-order chi connectivity index (χ0) is 15.5. The van der Waals surface area contributed by atoms with Crippen LogP contribution in [0.1, 0.15) is 5.56 Å². The van der Waals surface area contributed by atoms with Gasteiger partial charge in [-0.15, -0.1) is 13.2 Å². The lowest BCUT2D eigenvalue weighted by atomic mass is 10.3. The number of hydrogen-bond donors (Lipinski definition) is 2. The van der Waals surface area contributed by atoms with Crippen LogP contribution in [0.5, 0.6) is 5.75 Å². The van der Waals surface area contributed by atoms with Crippen molar-refractivity contribution in [1.82, 2.24) is 9.97 Å². The maximum atomic E-state index is 12.1. The largest absolute Gasteiger partial charge is 0.573 e. The average molecular weight is 298 g/mol.